The number of nitrogens with one attached hydrogen (secondary N) is 1. The van der Waals surface area contributed by atoms with Gasteiger partial charge in [-0.05, 0) is 43.7 Å². The molecule has 1 amide bonds. The lowest BCUT2D eigenvalue weighted by Gasteiger charge is -2.09. The summed E-state index contributed by atoms with van der Waals surface area (Å²) in [7, 11) is 0. The third-order valence-corrected chi connectivity index (χ3v) is 4.79. The number of hydrogen-bond donors (Lipinski definition) is 1. The highest BCUT2D eigenvalue weighted by Crippen LogP contribution is 2.21. The van der Waals surface area contributed by atoms with Crippen LogP contribution in [0.15, 0.2) is 41.5 Å². The van der Waals surface area contributed by atoms with Crippen molar-refractivity contribution < 1.29 is 14.3 Å². The maximum absolute atomic E-state index is 12.4. The number of rotatable bonds is 7. The van der Waals surface area contributed by atoms with Gasteiger partial charge in [0.25, 0.3) is 11.5 Å². The van der Waals surface area contributed by atoms with Gasteiger partial charge in [-0.3, -0.25) is 15.0 Å². The molecule has 0 saturated heterocycles. The number of carbonyl (C=O) groups is 1. The number of aryl methyl sites for hydroxylation is 1. The minimum atomic E-state index is -0.451. The normalized spacial score (nSPS) is 10.7. The van der Waals surface area contributed by atoms with Crippen LogP contribution in [-0.4, -0.2) is 28.8 Å². The molecule has 3 aromatic rings. The first kappa shape index (κ1) is 17.9. The first-order valence-corrected chi connectivity index (χ1v) is 9.08. The topological polar surface area (TPSA) is 82.4 Å². The van der Waals surface area contributed by atoms with E-state index in [9.17, 15) is 9.59 Å². The fraction of sp³-hybridized carbons (Fsp3) is 0.278. The van der Waals surface area contributed by atoms with E-state index in [1.807, 2.05) is 19.9 Å². The van der Waals surface area contributed by atoms with E-state index in [-0.39, 0.29) is 12.2 Å². The zero-order valence-electron chi connectivity index (χ0n) is 14.5. The zero-order valence-corrected chi connectivity index (χ0v) is 15.3. The lowest BCUT2D eigenvalue weighted by molar-refractivity contribution is -0.119. The molecule has 0 atom stereocenters. The van der Waals surface area contributed by atoms with Crippen molar-refractivity contribution in [2.75, 3.05) is 18.6 Å². The van der Waals surface area contributed by atoms with E-state index in [1.165, 1.54) is 17.7 Å². The van der Waals surface area contributed by atoms with Gasteiger partial charge >= 0.3 is 0 Å². The molecule has 8 heteroatoms. The molecule has 2 aromatic heterocycles. The Morgan fingerprint density at radius 2 is 1.88 bits per heavy atom. The van der Waals surface area contributed by atoms with Gasteiger partial charge in [0.2, 0.25) is 0 Å². The Bertz CT molecular complexity index is 963. The molecule has 0 bridgehead atoms. The van der Waals surface area contributed by atoms with Crippen LogP contribution in [-0.2, 0) is 11.2 Å². The average molecular weight is 373 g/mol. The van der Waals surface area contributed by atoms with Crippen LogP contribution in [0.2, 0.25) is 0 Å². The largest absolute Gasteiger partial charge is 0.494 e. The van der Waals surface area contributed by atoms with Crippen molar-refractivity contribution >= 4 is 27.5 Å². The summed E-state index contributed by atoms with van der Waals surface area (Å²) in [5.74, 6) is 0.820. The van der Waals surface area contributed by atoms with Crippen molar-refractivity contribution in [1.82, 2.24) is 9.66 Å². The van der Waals surface area contributed by atoms with Gasteiger partial charge in [-0.2, -0.15) is 0 Å². The number of benzene rings is 1. The number of nitrogens with zero attached hydrogens (tertiary/aromatic N) is 2. The molecule has 26 heavy (non-hydrogen) atoms. The number of ether oxygens (including phenoxy) is 2. The molecule has 0 unspecified atom stereocenters. The fourth-order valence-electron chi connectivity index (χ4n) is 2.34. The lowest BCUT2D eigenvalue weighted by atomic mass is 10.3. The van der Waals surface area contributed by atoms with Crippen molar-refractivity contribution in [3.05, 3.63) is 51.9 Å². The van der Waals surface area contributed by atoms with E-state index in [1.54, 1.807) is 24.3 Å². The molecular weight excluding hydrogens is 354 g/mol. The highest BCUT2D eigenvalue weighted by atomic mass is 32.1. The van der Waals surface area contributed by atoms with Crippen molar-refractivity contribution in [2.24, 2.45) is 0 Å². The smallest absolute Gasteiger partial charge is 0.280 e. The fourth-order valence-corrected chi connectivity index (χ4v) is 3.27. The number of aromatic nitrogens is 2. The maximum Gasteiger partial charge on any atom is 0.280 e. The molecule has 7 nitrogen and oxygen atoms in total. The van der Waals surface area contributed by atoms with E-state index in [0.29, 0.717) is 22.6 Å². The summed E-state index contributed by atoms with van der Waals surface area (Å²) in [4.78, 5) is 30.5. The Balaban J connectivity index is 1.63. The standard InChI is InChI=1S/C18H19N3O4S/c1-3-14-9-15-17(26-14)19-11-21(18(15)23)20-16(22)10-25-13-7-5-12(6-8-13)24-4-2/h5-9,11H,3-4,10H2,1-2H3,(H,20,22). The second-order valence-electron chi connectivity index (χ2n) is 5.43. The second kappa shape index (κ2) is 8.01. The molecule has 0 fully saturated rings. The first-order valence-electron chi connectivity index (χ1n) is 8.26. The Hall–Kier alpha value is -2.87. The Morgan fingerprint density at radius 1 is 1.19 bits per heavy atom. The predicted molar refractivity (Wildman–Crippen MR) is 101 cm³/mol. The van der Waals surface area contributed by atoms with Gasteiger partial charge in [0.15, 0.2) is 6.61 Å². The zero-order chi connectivity index (χ0) is 18.5. The summed E-state index contributed by atoms with van der Waals surface area (Å²) < 4.78 is 11.8. The highest BCUT2D eigenvalue weighted by Gasteiger charge is 2.10. The number of fused-ring (bicyclic) bond motifs is 1. The lowest BCUT2D eigenvalue weighted by Crippen LogP contribution is -2.35. The molecule has 1 N–H and O–H groups in total. The Morgan fingerprint density at radius 3 is 2.54 bits per heavy atom. The SMILES string of the molecule is CCOc1ccc(OCC(=O)Nn2cnc3sc(CC)cc3c2=O)cc1. The van der Waals surface area contributed by atoms with Crippen LogP contribution < -0.4 is 20.5 Å². The molecular formula is C18H19N3O4S. The minimum Gasteiger partial charge on any atom is -0.494 e. The van der Waals surface area contributed by atoms with E-state index in [4.69, 9.17) is 9.47 Å². The van der Waals surface area contributed by atoms with Gasteiger partial charge in [-0.1, -0.05) is 6.92 Å². The molecule has 3 rings (SSSR count). The molecule has 0 radical (unpaired) electrons. The molecule has 1 aromatic carbocycles. The Labute approximate surface area is 154 Å². The summed E-state index contributed by atoms with van der Waals surface area (Å²) >= 11 is 1.48. The van der Waals surface area contributed by atoms with Gasteiger partial charge in [0.1, 0.15) is 22.7 Å². The molecule has 0 saturated carbocycles. The minimum absolute atomic E-state index is 0.220. The van der Waals surface area contributed by atoms with Crippen molar-refractivity contribution in [3.8, 4) is 11.5 Å². The summed E-state index contributed by atoms with van der Waals surface area (Å²) in [6.45, 7) is 4.28. The van der Waals surface area contributed by atoms with Crippen LogP contribution in [0.3, 0.4) is 0 Å². The maximum atomic E-state index is 12.4. The molecule has 0 spiro atoms. The van der Waals surface area contributed by atoms with Gasteiger partial charge in [-0.25, -0.2) is 9.66 Å². The van der Waals surface area contributed by atoms with E-state index >= 15 is 0 Å². The van der Waals surface area contributed by atoms with Crippen molar-refractivity contribution in [2.45, 2.75) is 20.3 Å². The van der Waals surface area contributed by atoms with E-state index in [2.05, 4.69) is 10.4 Å². The summed E-state index contributed by atoms with van der Waals surface area (Å²) in [6.07, 6.45) is 2.15. The van der Waals surface area contributed by atoms with Crippen LogP contribution >= 0.6 is 11.3 Å². The van der Waals surface area contributed by atoms with E-state index < -0.39 is 5.91 Å². The number of amides is 1. The van der Waals surface area contributed by atoms with Gasteiger partial charge < -0.3 is 9.47 Å². The third kappa shape index (κ3) is 4.02. The van der Waals surface area contributed by atoms with Crippen molar-refractivity contribution in [1.29, 1.82) is 0 Å². The predicted octanol–water partition coefficient (Wildman–Crippen LogP) is 2.57. The van der Waals surface area contributed by atoms with Crippen LogP contribution in [0.25, 0.3) is 10.2 Å². The molecule has 0 aliphatic carbocycles. The van der Waals surface area contributed by atoms with E-state index in [0.717, 1.165) is 21.7 Å². The van der Waals surface area contributed by atoms with Gasteiger partial charge in [0, 0.05) is 4.88 Å². The first-order chi connectivity index (χ1) is 12.6. The van der Waals surface area contributed by atoms with Crippen LogP contribution in [0.4, 0.5) is 0 Å². The van der Waals surface area contributed by atoms with Crippen LogP contribution in [0, 0.1) is 0 Å². The molecule has 0 aliphatic rings. The monoisotopic (exact) mass is 373 g/mol. The number of carbonyl (C=O) groups excluding carboxylic acids is 1. The average Bonchev–Trinajstić information content (AvgIpc) is 3.08. The molecule has 0 aliphatic heterocycles. The highest BCUT2D eigenvalue weighted by molar-refractivity contribution is 7.18. The summed E-state index contributed by atoms with van der Waals surface area (Å²) in [5, 5.41) is 0.502. The van der Waals surface area contributed by atoms with Crippen LogP contribution in [0.5, 0.6) is 11.5 Å². The summed E-state index contributed by atoms with van der Waals surface area (Å²) in [5.41, 5.74) is 2.18. The second-order valence-corrected chi connectivity index (χ2v) is 6.55. The number of thiophene rings is 1. The van der Waals surface area contributed by atoms with Gasteiger partial charge in [0.05, 0.1) is 12.0 Å². The van der Waals surface area contributed by atoms with Crippen LogP contribution in [0.1, 0.15) is 18.7 Å². The quantitative estimate of drug-likeness (QED) is 0.688. The summed E-state index contributed by atoms with van der Waals surface area (Å²) in [6, 6.07) is 8.78. The third-order valence-electron chi connectivity index (χ3n) is 3.60. The molecule has 136 valence electrons. The Kier molecular flexibility index (Phi) is 5.52. The molecule has 2 heterocycles. The van der Waals surface area contributed by atoms with Crippen molar-refractivity contribution in [3.63, 3.8) is 0 Å². The number of hydrogen-bond acceptors (Lipinski definition) is 6. The van der Waals surface area contributed by atoms with Gasteiger partial charge in [-0.15, -0.1) is 11.3 Å².